The van der Waals surface area contributed by atoms with E-state index >= 15 is 0 Å². The molecule has 1 amide bonds. The number of carbonyl (C=O) groups is 1. The zero-order chi connectivity index (χ0) is 25.6. The standard InChI is InChI=1S/C31H35N3O3/c1-36-27-12-8-25(9-13-27)29-21-30(26-10-14-28(37-2)15-11-26)34(32-29)31(35)22-33-18-16-24(17-19-33)20-23-6-4-3-5-7-23/h3-15,24,30H,16-22H2,1-2H3. The van der Waals surface area contributed by atoms with E-state index in [9.17, 15) is 4.79 Å². The average molecular weight is 498 g/mol. The second-order valence-electron chi connectivity index (χ2n) is 9.92. The topological polar surface area (TPSA) is 54.4 Å². The van der Waals surface area contributed by atoms with Gasteiger partial charge in [-0.3, -0.25) is 9.69 Å². The number of hydrogen-bond acceptors (Lipinski definition) is 5. The van der Waals surface area contributed by atoms with Gasteiger partial charge in [-0.1, -0.05) is 42.5 Å². The van der Waals surface area contributed by atoms with Crippen LogP contribution in [0.2, 0.25) is 0 Å². The molecule has 37 heavy (non-hydrogen) atoms. The summed E-state index contributed by atoms with van der Waals surface area (Å²) in [5, 5.41) is 6.56. The summed E-state index contributed by atoms with van der Waals surface area (Å²) in [6.07, 6.45) is 4.02. The van der Waals surface area contributed by atoms with Crippen LogP contribution in [0.25, 0.3) is 0 Å². The first-order valence-corrected chi connectivity index (χ1v) is 13.1. The number of hydrazone groups is 1. The average Bonchev–Trinajstić information content (AvgIpc) is 3.40. The van der Waals surface area contributed by atoms with Crippen LogP contribution in [0.15, 0.2) is 84.0 Å². The number of ether oxygens (including phenoxy) is 2. The third-order valence-electron chi connectivity index (χ3n) is 7.52. The summed E-state index contributed by atoms with van der Waals surface area (Å²) in [4.78, 5) is 15.9. The molecule has 1 fully saturated rings. The van der Waals surface area contributed by atoms with Crippen molar-refractivity contribution in [2.45, 2.75) is 31.7 Å². The van der Waals surface area contributed by atoms with Crippen LogP contribution in [0.4, 0.5) is 0 Å². The van der Waals surface area contributed by atoms with E-state index in [1.807, 2.05) is 48.5 Å². The van der Waals surface area contributed by atoms with Gasteiger partial charge in [0, 0.05) is 6.42 Å². The molecule has 3 aromatic rings. The van der Waals surface area contributed by atoms with Gasteiger partial charge in [-0.15, -0.1) is 0 Å². The van der Waals surface area contributed by atoms with Crippen LogP contribution < -0.4 is 9.47 Å². The molecule has 0 bridgehead atoms. The Bertz CT molecular complexity index is 1200. The predicted molar refractivity (Wildman–Crippen MR) is 146 cm³/mol. The summed E-state index contributed by atoms with van der Waals surface area (Å²) in [7, 11) is 3.32. The van der Waals surface area contributed by atoms with Crippen LogP contribution in [-0.2, 0) is 11.2 Å². The van der Waals surface area contributed by atoms with E-state index in [1.165, 1.54) is 5.56 Å². The highest BCUT2D eigenvalue weighted by molar-refractivity contribution is 6.03. The van der Waals surface area contributed by atoms with E-state index in [2.05, 4.69) is 35.2 Å². The summed E-state index contributed by atoms with van der Waals surface area (Å²) in [6, 6.07) is 26.4. The number of carbonyl (C=O) groups excluding carboxylic acids is 1. The van der Waals surface area contributed by atoms with Crippen LogP contribution in [0.1, 0.15) is 42.0 Å². The molecule has 0 spiro atoms. The van der Waals surface area contributed by atoms with Crippen LogP contribution in [-0.4, -0.2) is 55.4 Å². The fourth-order valence-electron chi connectivity index (χ4n) is 5.34. The number of methoxy groups -OCH3 is 2. The maximum absolute atomic E-state index is 13.6. The molecule has 192 valence electrons. The van der Waals surface area contributed by atoms with Gasteiger partial charge in [-0.25, -0.2) is 5.01 Å². The normalized spacial score (nSPS) is 18.5. The van der Waals surface area contributed by atoms with Crippen molar-refractivity contribution in [1.29, 1.82) is 0 Å². The molecule has 6 heteroatoms. The molecule has 0 radical (unpaired) electrons. The van der Waals surface area contributed by atoms with Crippen molar-refractivity contribution >= 4 is 11.6 Å². The highest BCUT2D eigenvalue weighted by atomic mass is 16.5. The number of hydrogen-bond donors (Lipinski definition) is 0. The molecule has 0 N–H and O–H groups in total. The summed E-state index contributed by atoms with van der Waals surface area (Å²) >= 11 is 0. The lowest BCUT2D eigenvalue weighted by Crippen LogP contribution is -2.42. The minimum atomic E-state index is -0.133. The van der Waals surface area contributed by atoms with E-state index in [-0.39, 0.29) is 11.9 Å². The minimum absolute atomic E-state index is 0.0471. The molecule has 1 atom stereocenters. The van der Waals surface area contributed by atoms with Crippen molar-refractivity contribution in [2.24, 2.45) is 11.0 Å². The van der Waals surface area contributed by atoms with E-state index in [4.69, 9.17) is 14.6 Å². The summed E-state index contributed by atoms with van der Waals surface area (Å²) in [5.74, 6) is 2.32. The number of benzene rings is 3. The Hall–Kier alpha value is -3.64. The molecule has 0 aromatic heterocycles. The van der Waals surface area contributed by atoms with E-state index < -0.39 is 0 Å². The minimum Gasteiger partial charge on any atom is -0.497 e. The van der Waals surface area contributed by atoms with Crippen LogP contribution in [0, 0.1) is 5.92 Å². The molecule has 1 unspecified atom stereocenters. The van der Waals surface area contributed by atoms with Gasteiger partial charge in [0.15, 0.2) is 0 Å². The summed E-state index contributed by atoms with van der Waals surface area (Å²) in [5.41, 5.74) is 4.38. The molecule has 5 rings (SSSR count). The fraction of sp³-hybridized carbons (Fsp3) is 0.355. The predicted octanol–water partition coefficient (Wildman–Crippen LogP) is 5.34. The molecule has 0 aliphatic carbocycles. The molecule has 2 heterocycles. The lowest BCUT2D eigenvalue weighted by molar-refractivity contribution is -0.134. The highest BCUT2D eigenvalue weighted by Gasteiger charge is 2.34. The van der Waals surface area contributed by atoms with Crippen molar-refractivity contribution < 1.29 is 14.3 Å². The van der Waals surface area contributed by atoms with Gasteiger partial charge < -0.3 is 9.47 Å². The Labute approximate surface area is 219 Å². The molecule has 0 saturated carbocycles. The van der Waals surface area contributed by atoms with Gasteiger partial charge in [0.2, 0.25) is 0 Å². The molecule has 2 aliphatic rings. The fourth-order valence-corrected chi connectivity index (χ4v) is 5.34. The van der Waals surface area contributed by atoms with Crippen molar-refractivity contribution in [2.75, 3.05) is 33.9 Å². The third-order valence-corrected chi connectivity index (χ3v) is 7.52. The lowest BCUT2D eigenvalue weighted by atomic mass is 9.90. The van der Waals surface area contributed by atoms with Gasteiger partial charge >= 0.3 is 0 Å². The Balaban J connectivity index is 1.27. The Morgan fingerprint density at radius 1 is 0.865 bits per heavy atom. The van der Waals surface area contributed by atoms with Crippen molar-refractivity contribution in [3.05, 3.63) is 95.6 Å². The zero-order valence-corrected chi connectivity index (χ0v) is 21.7. The molecule has 3 aromatic carbocycles. The number of rotatable bonds is 8. The van der Waals surface area contributed by atoms with Crippen molar-refractivity contribution in [3.63, 3.8) is 0 Å². The Morgan fingerprint density at radius 3 is 2.11 bits per heavy atom. The Morgan fingerprint density at radius 2 is 1.49 bits per heavy atom. The first-order chi connectivity index (χ1) is 18.1. The van der Waals surface area contributed by atoms with Crippen LogP contribution >= 0.6 is 0 Å². The quantitative estimate of drug-likeness (QED) is 0.422. The maximum Gasteiger partial charge on any atom is 0.257 e. The highest BCUT2D eigenvalue weighted by Crippen LogP contribution is 2.34. The molecular weight excluding hydrogens is 462 g/mol. The van der Waals surface area contributed by atoms with Crippen molar-refractivity contribution in [3.8, 4) is 11.5 Å². The van der Waals surface area contributed by atoms with Gasteiger partial charge in [-0.2, -0.15) is 5.10 Å². The summed E-state index contributed by atoms with van der Waals surface area (Å²) < 4.78 is 10.6. The first-order valence-electron chi connectivity index (χ1n) is 13.1. The second-order valence-corrected chi connectivity index (χ2v) is 9.92. The largest absolute Gasteiger partial charge is 0.497 e. The number of piperidine rings is 1. The second kappa shape index (κ2) is 11.6. The number of likely N-dealkylation sites (tertiary alicyclic amines) is 1. The van der Waals surface area contributed by atoms with Gasteiger partial charge in [0.1, 0.15) is 11.5 Å². The van der Waals surface area contributed by atoms with E-state index in [1.54, 1.807) is 19.2 Å². The van der Waals surface area contributed by atoms with Gasteiger partial charge in [-0.05, 0) is 91.4 Å². The number of nitrogens with zero attached hydrogens (tertiary/aromatic N) is 3. The summed E-state index contributed by atoms with van der Waals surface area (Å²) in [6.45, 7) is 2.28. The van der Waals surface area contributed by atoms with E-state index in [0.29, 0.717) is 18.9 Å². The smallest absolute Gasteiger partial charge is 0.257 e. The van der Waals surface area contributed by atoms with Gasteiger partial charge in [0.05, 0.1) is 32.5 Å². The maximum atomic E-state index is 13.6. The third kappa shape index (κ3) is 6.03. The number of amides is 1. The van der Waals surface area contributed by atoms with E-state index in [0.717, 1.165) is 60.7 Å². The zero-order valence-electron chi connectivity index (χ0n) is 21.7. The van der Waals surface area contributed by atoms with Crippen LogP contribution in [0.3, 0.4) is 0 Å². The molecule has 2 aliphatic heterocycles. The Kier molecular flexibility index (Phi) is 7.85. The monoisotopic (exact) mass is 497 g/mol. The SMILES string of the molecule is COc1ccc(C2=NN(C(=O)CN3CCC(Cc4ccccc4)CC3)C(c3ccc(OC)cc3)C2)cc1. The lowest BCUT2D eigenvalue weighted by Gasteiger charge is -2.33. The molecular formula is C31H35N3O3. The molecule has 1 saturated heterocycles. The van der Waals surface area contributed by atoms with Crippen LogP contribution in [0.5, 0.6) is 11.5 Å². The first kappa shape index (κ1) is 25.0. The van der Waals surface area contributed by atoms with Gasteiger partial charge in [0.25, 0.3) is 5.91 Å². The van der Waals surface area contributed by atoms with Crippen molar-refractivity contribution in [1.82, 2.24) is 9.91 Å². The molecule has 6 nitrogen and oxygen atoms in total.